The lowest BCUT2D eigenvalue weighted by Crippen LogP contribution is -1.94. The number of imidazole rings is 1. The van der Waals surface area contributed by atoms with Crippen molar-refractivity contribution in [2.45, 2.75) is 27.2 Å². The van der Waals surface area contributed by atoms with E-state index in [1.54, 1.807) is 0 Å². The number of pyridine rings is 1. The van der Waals surface area contributed by atoms with Gasteiger partial charge in [-0.15, -0.1) is 0 Å². The van der Waals surface area contributed by atoms with E-state index >= 15 is 0 Å². The first-order valence-corrected chi connectivity index (χ1v) is 7.64. The molecule has 3 heteroatoms. The second kappa shape index (κ2) is 5.06. The maximum absolute atomic E-state index is 4.78. The smallest absolute Gasteiger partial charge is 0.137 e. The highest BCUT2D eigenvalue weighted by molar-refractivity contribution is 9.10. The molecule has 2 aromatic heterocycles. The molecule has 0 saturated carbocycles. The molecular formula is C17H17BrN2. The summed E-state index contributed by atoms with van der Waals surface area (Å²) in [6.45, 7) is 6.41. The van der Waals surface area contributed by atoms with Gasteiger partial charge in [0.15, 0.2) is 0 Å². The van der Waals surface area contributed by atoms with Gasteiger partial charge in [-0.05, 0) is 53.9 Å². The Morgan fingerprint density at radius 3 is 2.35 bits per heavy atom. The molecule has 0 bridgehead atoms. The van der Waals surface area contributed by atoms with Gasteiger partial charge in [0.1, 0.15) is 5.65 Å². The van der Waals surface area contributed by atoms with Crippen LogP contribution in [-0.2, 0) is 6.42 Å². The molecule has 0 aliphatic heterocycles. The highest BCUT2D eigenvalue weighted by atomic mass is 79.9. The van der Waals surface area contributed by atoms with Gasteiger partial charge in [0.05, 0.1) is 5.69 Å². The lowest BCUT2D eigenvalue weighted by atomic mass is 10.1. The molecule has 2 heterocycles. The molecule has 0 amide bonds. The van der Waals surface area contributed by atoms with E-state index in [0.717, 1.165) is 22.2 Å². The number of rotatable bonds is 2. The molecule has 0 atom stereocenters. The lowest BCUT2D eigenvalue weighted by molar-refractivity contribution is 1.03. The van der Waals surface area contributed by atoms with Crippen molar-refractivity contribution in [2.75, 3.05) is 0 Å². The summed E-state index contributed by atoms with van der Waals surface area (Å²) < 4.78 is 3.31. The van der Waals surface area contributed by atoms with Gasteiger partial charge in [-0.3, -0.25) is 4.40 Å². The second-order valence-electron chi connectivity index (χ2n) is 5.06. The third kappa shape index (κ3) is 2.06. The lowest BCUT2D eigenvalue weighted by Gasteiger charge is -2.05. The molecule has 0 N–H and O–H groups in total. The Bertz CT molecular complexity index is 770. The average Bonchev–Trinajstić information content (AvgIpc) is 2.81. The van der Waals surface area contributed by atoms with Gasteiger partial charge in [0.2, 0.25) is 0 Å². The maximum Gasteiger partial charge on any atom is 0.137 e. The zero-order valence-electron chi connectivity index (χ0n) is 11.9. The van der Waals surface area contributed by atoms with E-state index in [1.165, 1.54) is 22.5 Å². The number of aryl methyl sites for hydroxylation is 3. The molecule has 0 radical (unpaired) electrons. The Morgan fingerprint density at radius 1 is 1.00 bits per heavy atom. The van der Waals surface area contributed by atoms with Crippen molar-refractivity contribution < 1.29 is 0 Å². The maximum atomic E-state index is 4.78. The third-order valence-corrected chi connectivity index (χ3v) is 4.67. The van der Waals surface area contributed by atoms with Crippen LogP contribution in [0.15, 0.2) is 40.9 Å². The predicted molar refractivity (Wildman–Crippen MR) is 87.2 cm³/mol. The minimum absolute atomic E-state index is 0.998. The Kier molecular flexibility index (Phi) is 3.38. The van der Waals surface area contributed by atoms with Gasteiger partial charge in [-0.25, -0.2) is 4.98 Å². The van der Waals surface area contributed by atoms with Gasteiger partial charge < -0.3 is 0 Å². The van der Waals surface area contributed by atoms with Gasteiger partial charge in [0, 0.05) is 21.4 Å². The van der Waals surface area contributed by atoms with Crippen LogP contribution < -0.4 is 0 Å². The molecule has 2 nitrogen and oxygen atoms in total. The number of nitrogens with zero attached hydrogens (tertiary/aromatic N) is 2. The van der Waals surface area contributed by atoms with Crippen molar-refractivity contribution in [1.82, 2.24) is 9.38 Å². The van der Waals surface area contributed by atoms with Crippen LogP contribution >= 0.6 is 15.9 Å². The molecule has 3 rings (SSSR count). The molecule has 102 valence electrons. The molecule has 0 aliphatic rings. The molecule has 0 saturated heterocycles. The van der Waals surface area contributed by atoms with E-state index in [-0.39, 0.29) is 0 Å². The summed E-state index contributed by atoms with van der Waals surface area (Å²) in [5.41, 5.74) is 6.96. The zero-order valence-corrected chi connectivity index (χ0v) is 13.5. The highest BCUT2D eigenvalue weighted by Crippen LogP contribution is 2.27. The van der Waals surface area contributed by atoms with Crippen molar-refractivity contribution in [3.05, 3.63) is 57.8 Å². The van der Waals surface area contributed by atoms with Crippen molar-refractivity contribution in [3.8, 4) is 11.3 Å². The fraction of sp³-hybridized carbons (Fsp3) is 0.235. The zero-order chi connectivity index (χ0) is 14.3. The van der Waals surface area contributed by atoms with Gasteiger partial charge >= 0.3 is 0 Å². The standard InChI is InChI=1S/C17H17BrN2/c1-4-13-5-7-14(8-6-13)17-12(3)20-11(2)15(18)9-10-16(20)19-17/h5-10H,4H2,1-3H3. The second-order valence-corrected chi connectivity index (χ2v) is 5.91. The SMILES string of the molecule is CCc1ccc(-c2nc3ccc(Br)c(C)n3c2C)cc1. The molecule has 20 heavy (non-hydrogen) atoms. The number of benzene rings is 1. The molecule has 0 spiro atoms. The quantitative estimate of drug-likeness (QED) is 0.651. The van der Waals surface area contributed by atoms with E-state index in [1.807, 2.05) is 6.07 Å². The van der Waals surface area contributed by atoms with Crippen LogP contribution in [0.5, 0.6) is 0 Å². The molecule has 0 aliphatic carbocycles. The van der Waals surface area contributed by atoms with Crippen LogP contribution in [0.4, 0.5) is 0 Å². The summed E-state index contributed by atoms with van der Waals surface area (Å²) in [4.78, 5) is 4.78. The van der Waals surface area contributed by atoms with E-state index < -0.39 is 0 Å². The number of hydrogen-bond acceptors (Lipinski definition) is 1. The Labute approximate surface area is 127 Å². The first-order valence-electron chi connectivity index (χ1n) is 6.85. The summed E-state index contributed by atoms with van der Waals surface area (Å²) in [7, 11) is 0. The largest absolute Gasteiger partial charge is 0.300 e. The highest BCUT2D eigenvalue weighted by Gasteiger charge is 2.12. The van der Waals surface area contributed by atoms with E-state index in [0.29, 0.717) is 0 Å². The normalized spacial score (nSPS) is 11.2. The van der Waals surface area contributed by atoms with E-state index in [4.69, 9.17) is 4.98 Å². The Hall–Kier alpha value is -1.61. The topological polar surface area (TPSA) is 17.3 Å². The van der Waals surface area contributed by atoms with Crippen LogP contribution in [0.2, 0.25) is 0 Å². The van der Waals surface area contributed by atoms with Gasteiger partial charge in [-0.1, -0.05) is 31.2 Å². The molecule has 1 aromatic carbocycles. The number of hydrogen-bond donors (Lipinski definition) is 0. The Balaban J connectivity index is 2.21. The summed E-state index contributed by atoms with van der Waals surface area (Å²) in [6.07, 6.45) is 1.07. The number of aromatic nitrogens is 2. The summed E-state index contributed by atoms with van der Waals surface area (Å²) in [5.74, 6) is 0. The first kappa shape index (κ1) is 13.4. The summed E-state index contributed by atoms with van der Waals surface area (Å²) >= 11 is 3.59. The average molecular weight is 329 g/mol. The van der Waals surface area contributed by atoms with Crippen LogP contribution in [0.1, 0.15) is 23.9 Å². The fourth-order valence-electron chi connectivity index (χ4n) is 2.61. The summed E-state index contributed by atoms with van der Waals surface area (Å²) in [5, 5.41) is 0. The van der Waals surface area contributed by atoms with Gasteiger partial charge in [-0.2, -0.15) is 0 Å². The minimum atomic E-state index is 0.998. The van der Waals surface area contributed by atoms with Gasteiger partial charge in [0.25, 0.3) is 0 Å². The van der Waals surface area contributed by atoms with E-state index in [9.17, 15) is 0 Å². The molecule has 0 fully saturated rings. The van der Waals surface area contributed by atoms with Crippen LogP contribution in [0.3, 0.4) is 0 Å². The molecule has 0 unspecified atom stereocenters. The van der Waals surface area contributed by atoms with Crippen LogP contribution in [-0.4, -0.2) is 9.38 Å². The van der Waals surface area contributed by atoms with Crippen LogP contribution in [0.25, 0.3) is 16.9 Å². The number of halogens is 1. The van der Waals surface area contributed by atoms with Crippen LogP contribution in [0, 0.1) is 13.8 Å². The monoisotopic (exact) mass is 328 g/mol. The minimum Gasteiger partial charge on any atom is -0.300 e. The Morgan fingerprint density at radius 2 is 1.70 bits per heavy atom. The molecule has 3 aromatic rings. The first-order chi connectivity index (χ1) is 9.61. The predicted octanol–water partition coefficient (Wildman–Crippen LogP) is 4.94. The summed E-state index contributed by atoms with van der Waals surface area (Å²) in [6, 6.07) is 12.8. The van der Waals surface area contributed by atoms with Crippen molar-refractivity contribution >= 4 is 21.6 Å². The van der Waals surface area contributed by atoms with Crippen molar-refractivity contribution in [2.24, 2.45) is 0 Å². The third-order valence-electron chi connectivity index (χ3n) is 3.83. The van der Waals surface area contributed by atoms with Crippen molar-refractivity contribution in [3.63, 3.8) is 0 Å². The fourth-order valence-corrected chi connectivity index (χ4v) is 2.91. The van der Waals surface area contributed by atoms with Crippen molar-refractivity contribution in [1.29, 1.82) is 0 Å². The molecular weight excluding hydrogens is 312 g/mol. The number of fused-ring (bicyclic) bond motifs is 1. The van der Waals surface area contributed by atoms with E-state index in [2.05, 4.69) is 71.4 Å².